The van der Waals surface area contributed by atoms with Crippen molar-refractivity contribution in [3.8, 4) is 22.6 Å². The normalized spacial score (nSPS) is 21.4. The fourth-order valence-corrected chi connectivity index (χ4v) is 4.57. The summed E-state index contributed by atoms with van der Waals surface area (Å²) in [6, 6.07) is 11.3. The Morgan fingerprint density at radius 3 is 1.98 bits per heavy atom. The Hall–Kier alpha value is -4.91. The first-order valence-corrected chi connectivity index (χ1v) is 13.1. The molecule has 2 aromatic carbocycles. The van der Waals surface area contributed by atoms with Crippen molar-refractivity contribution in [3.05, 3.63) is 59.0 Å². The van der Waals surface area contributed by atoms with Gasteiger partial charge >= 0.3 is 23.9 Å². The molecule has 13 heteroatoms. The highest BCUT2D eigenvalue weighted by Gasteiger charge is 2.53. The highest BCUT2D eigenvalue weighted by Crippen LogP contribution is 2.32. The number of benzene rings is 2. The lowest BCUT2D eigenvalue weighted by atomic mass is 9.98. The van der Waals surface area contributed by atoms with Gasteiger partial charge < -0.3 is 37.6 Å². The summed E-state index contributed by atoms with van der Waals surface area (Å²) in [4.78, 5) is 60.8. The first-order chi connectivity index (χ1) is 20.5. The van der Waals surface area contributed by atoms with Crippen LogP contribution in [0, 0.1) is 0 Å². The van der Waals surface area contributed by atoms with E-state index >= 15 is 0 Å². The van der Waals surface area contributed by atoms with Crippen LogP contribution in [0.4, 0.5) is 0 Å². The van der Waals surface area contributed by atoms with E-state index in [1.165, 1.54) is 31.4 Å². The first-order valence-electron chi connectivity index (χ1n) is 13.1. The predicted molar refractivity (Wildman–Crippen MR) is 147 cm³/mol. The number of ether oxygens (including phenoxy) is 7. The summed E-state index contributed by atoms with van der Waals surface area (Å²) in [6.07, 6.45) is -5.43. The van der Waals surface area contributed by atoms with Gasteiger partial charge in [0.25, 0.3) is 0 Å². The van der Waals surface area contributed by atoms with E-state index < -0.39 is 61.2 Å². The van der Waals surface area contributed by atoms with Crippen molar-refractivity contribution in [3.63, 3.8) is 0 Å². The van der Waals surface area contributed by atoms with Crippen LogP contribution < -0.4 is 14.9 Å². The van der Waals surface area contributed by atoms with Crippen molar-refractivity contribution in [1.82, 2.24) is 0 Å². The Morgan fingerprint density at radius 1 is 0.767 bits per heavy atom. The number of hydrogen-bond donors (Lipinski definition) is 0. The maximum absolute atomic E-state index is 13.3. The molecule has 1 aliphatic heterocycles. The average Bonchev–Trinajstić information content (AvgIpc) is 2.94. The zero-order valence-corrected chi connectivity index (χ0v) is 24.0. The van der Waals surface area contributed by atoms with Crippen LogP contribution in [0.2, 0.25) is 0 Å². The Bertz CT molecular complexity index is 1560. The lowest BCUT2D eigenvalue weighted by molar-refractivity contribution is -0.288. The molecule has 1 aromatic heterocycles. The highest BCUT2D eigenvalue weighted by atomic mass is 16.7. The molecule has 2 heterocycles. The lowest BCUT2D eigenvalue weighted by Gasteiger charge is -2.43. The van der Waals surface area contributed by atoms with E-state index in [1.807, 2.05) is 0 Å². The van der Waals surface area contributed by atoms with Crippen LogP contribution in [0.15, 0.2) is 57.9 Å². The van der Waals surface area contributed by atoms with E-state index in [0.717, 1.165) is 20.8 Å². The van der Waals surface area contributed by atoms with Gasteiger partial charge in [0.15, 0.2) is 17.6 Å². The number of carbonyl (C=O) groups excluding carboxylic acids is 4. The molecule has 1 saturated heterocycles. The number of methoxy groups -OCH3 is 1. The number of rotatable bonds is 9. The summed E-state index contributed by atoms with van der Waals surface area (Å²) in [5, 5.41) is 0.266. The zero-order valence-electron chi connectivity index (χ0n) is 24.0. The van der Waals surface area contributed by atoms with Crippen LogP contribution in [-0.4, -0.2) is 68.3 Å². The summed E-state index contributed by atoms with van der Waals surface area (Å²) in [7, 11) is 1.54. The number of esters is 4. The van der Waals surface area contributed by atoms with Gasteiger partial charge in [-0.15, -0.1) is 0 Å². The van der Waals surface area contributed by atoms with Gasteiger partial charge in [-0.2, -0.15) is 0 Å². The molecule has 0 radical (unpaired) electrons. The third-order valence-corrected chi connectivity index (χ3v) is 6.35. The second kappa shape index (κ2) is 13.4. The SMILES string of the molecule is COc1ccc(-c2coc3cc(O[C@@H]4O[C@H](COC(C)=O)[C@@H](OC(C)=O)[C@@H](OC(C)=O)[C@@H]4OC(C)=O)ccc3c2=O)cc1. The molecule has 0 amide bonds. The van der Waals surface area contributed by atoms with Crippen molar-refractivity contribution < 1.29 is 56.8 Å². The smallest absolute Gasteiger partial charge is 0.303 e. The average molecular weight is 599 g/mol. The quantitative estimate of drug-likeness (QED) is 0.261. The largest absolute Gasteiger partial charge is 0.497 e. The maximum atomic E-state index is 13.3. The van der Waals surface area contributed by atoms with Crippen LogP contribution in [0.5, 0.6) is 11.5 Å². The molecular formula is C30H30O13. The van der Waals surface area contributed by atoms with Crippen molar-refractivity contribution in [1.29, 1.82) is 0 Å². The first kappa shape index (κ1) is 31.0. The molecule has 0 aliphatic carbocycles. The molecule has 0 N–H and O–H groups in total. The second-order valence-electron chi connectivity index (χ2n) is 9.55. The zero-order chi connectivity index (χ0) is 31.3. The molecule has 1 fully saturated rings. The van der Waals surface area contributed by atoms with Gasteiger partial charge in [0.05, 0.1) is 18.1 Å². The van der Waals surface area contributed by atoms with E-state index in [1.54, 1.807) is 31.4 Å². The van der Waals surface area contributed by atoms with Crippen LogP contribution in [0.3, 0.4) is 0 Å². The molecule has 228 valence electrons. The fourth-order valence-electron chi connectivity index (χ4n) is 4.57. The van der Waals surface area contributed by atoms with Gasteiger partial charge in [0, 0.05) is 33.8 Å². The van der Waals surface area contributed by atoms with Gasteiger partial charge in [-0.25, -0.2) is 0 Å². The van der Waals surface area contributed by atoms with E-state index in [-0.39, 0.29) is 22.1 Å². The van der Waals surface area contributed by atoms with E-state index in [9.17, 15) is 24.0 Å². The molecule has 0 spiro atoms. The summed E-state index contributed by atoms with van der Waals surface area (Å²) < 4.78 is 44.2. The minimum absolute atomic E-state index is 0.133. The van der Waals surface area contributed by atoms with Crippen molar-refractivity contribution in [2.24, 2.45) is 0 Å². The molecule has 1 aliphatic rings. The van der Waals surface area contributed by atoms with Crippen molar-refractivity contribution in [2.75, 3.05) is 13.7 Å². The maximum Gasteiger partial charge on any atom is 0.303 e. The minimum atomic E-state index is -1.44. The fraction of sp³-hybridized carbons (Fsp3) is 0.367. The molecule has 0 bridgehead atoms. The van der Waals surface area contributed by atoms with Gasteiger partial charge in [-0.1, -0.05) is 12.1 Å². The molecule has 4 rings (SSSR count). The number of carbonyl (C=O) groups is 4. The molecule has 3 aromatic rings. The van der Waals surface area contributed by atoms with Crippen molar-refractivity contribution in [2.45, 2.75) is 58.4 Å². The molecular weight excluding hydrogens is 568 g/mol. The standard InChI is InChI=1S/C30H30O13/c1-15(31)37-14-25-27(39-16(2)32)28(40-17(3)33)29(41-18(4)34)30(43-25)42-21-10-11-22-24(12-21)38-13-23(26(22)35)19-6-8-20(36-5)9-7-19/h6-13,25,27-30H,14H2,1-5H3/t25-,27-,28-,29+,30-/m1/s1. The minimum Gasteiger partial charge on any atom is -0.497 e. The summed E-state index contributed by atoms with van der Waals surface area (Å²) in [6.45, 7) is 4.14. The van der Waals surface area contributed by atoms with Crippen LogP contribution >= 0.6 is 0 Å². The molecule has 5 atom stereocenters. The number of hydrogen-bond acceptors (Lipinski definition) is 13. The lowest BCUT2D eigenvalue weighted by Crippen LogP contribution is -2.63. The Labute approximate surface area is 245 Å². The summed E-state index contributed by atoms with van der Waals surface area (Å²) in [5.74, 6) is -2.17. The van der Waals surface area contributed by atoms with E-state index in [4.69, 9.17) is 37.6 Å². The third-order valence-electron chi connectivity index (χ3n) is 6.35. The van der Waals surface area contributed by atoms with Gasteiger partial charge in [0.1, 0.15) is 36.1 Å². The topological polar surface area (TPSA) is 163 Å². The van der Waals surface area contributed by atoms with Crippen LogP contribution in [0.25, 0.3) is 22.1 Å². The molecule has 0 unspecified atom stereocenters. The molecule has 13 nitrogen and oxygen atoms in total. The monoisotopic (exact) mass is 598 g/mol. The Morgan fingerprint density at radius 2 is 1.37 bits per heavy atom. The van der Waals surface area contributed by atoms with E-state index in [0.29, 0.717) is 16.9 Å². The summed E-state index contributed by atoms with van der Waals surface area (Å²) in [5.41, 5.74) is 0.869. The summed E-state index contributed by atoms with van der Waals surface area (Å²) >= 11 is 0. The Balaban J connectivity index is 1.69. The predicted octanol–water partition coefficient (Wildman–Crippen LogP) is 2.93. The molecule has 43 heavy (non-hydrogen) atoms. The Kier molecular flexibility index (Phi) is 9.66. The highest BCUT2D eigenvalue weighted by molar-refractivity contribution is 5.82. The molecule has 0 saturated carbocycles. The van der Waals surface area contributed by atoms with Crippen LogP contribution in [0.1, 0.15) is 27.7 Å². The van der Waals surface area contributed by atoms with Gasteiger partial charge in [-0.05, 0) is 29.8 Å². The van der Waals surface area contributed by atoms with Crippen molar-refractivity contribution >= 4 is 34.8 Å². The third kappa shape index (κ3) is 7.49. The van der Waals surface area contributed by atoms with Gasteiger partial charge in [0.2, 0.25) is 12.4 Å². The van der Waals surface area contributed by atoms with Gasteiger partial charge in [-0.3, -0.25) is 24.0 Å². The van der Waals surface area contributed by atoms with Crippen LogP contribution in [-0.2, 0) is 42.9 Å². The van der Waals surface area contributed by atoms with E-state index in [2.05, 4.69) is 0 Å². The number of fused-ring (bicyclic) bond motifs is 1. The second-order valence-corrected chi connectivity index (χ2v) is 9.55.